The molecule has 0 bridgehead atoms. The van der Waals surface area contributed by atoms with Crippen LogP contribution in [0.2, 0.25) is 0 Å². The van der Waals surface area contributed by atoms with E-state index in [0.717, 1.165) is 25.1 Å². The van der Waals surface area contributed by atoms with Gasteiger partial charge in [-0.3, -0.25) is 9.69 Å². The van der Waals surface area contributed by atoms with E-state index in [1.165, 1.54) is 11.1 Å². The van der Waals surface area contributed by atoms with Gasteiger partial charge in [-0.2, -0.15) is 0 Å². The maximum Gasteiger partial charge on any atom is 0.238 e. The number of benzene rings is 2. The predicted octanol–water partition coefficient (Wildman–Crippen LogP) is 3.77. The molecule has 0 aliphatic carbocycles. The van der Waals surface area contributed by atoms with Crippen molar-refractivity contribution in [1.82, 2.24) is 4.90 Å². The van der Waals surface area contributed by atoms with Crippen LogP contribution < -0.4 is 5.32 Å². The first-order chi connectivity index (χ1) is 10.7. The summed E-state index contributed by atoms with van der Waals surface area (Å²) in [6, 6.07) is 18.8. The van der Waals surface area contributed by atoms with Crippen LogP contribution >= 0.6 is 0 Å². The molecule has 1 unspecified atom stereocenters. The zero-order chi connectivity index (χ0) is 15.4. The molecule has 1 saturated heterocycles. The van der Waals surface area contributed by atoms with E-state index in [1.54, 1.807) is 0 Å². The maximum atomic E-state index is 12.3. The van der Waals surface area contributed by atoms with E-state index in [-0.39, 0.29) is 5.91 Å². The van der Waals surface area contributed by atoms with E-state index in [0.29, 0.717) is 12.6 Å². The Bertz CT molecular complexity index is 622. The van der Waals surface area contributed by atoms with Crippen molar-refractivity contribution in [2.45, 2.75) is 25.8 Å². The summed E-state index contributed by atoms with van der Waals surface area (Å²) in [6.45, 7) is 3.48. The molecule has 1 aliphatic rings. The first-order valence-corrected chi connectivity index (χ1v) is 7.88. The van der Waals surface area contributed by atoms with Gasteiger partial charge in [-0.1, -0.05) is 48.0 Å². The van der Waals surface area contributed by atoms with Crippen molar-refractivity contribution in [2.75, 3.05) is 18.4 Å². The molecular weight excluding hydrogens is 272 g/mol. The highest BCUT2D eigenvalue weighted by Crippen LogP contribution is 2.31. The quantitative estimate of drug-likeness (QED) is 0.931. The van der Waals surface area contributed by atoms with Crippen molar-refractivity contribution in [1.29, 1.82) is 0 Å². The second-order valence-electron chi connectivity index (χ2n) is 5.95. The fourth-order valence-electron chi connectivity index (χ4n) is 3.09. The molecule has 1 heterocycles. The zero-order valence-corrected chi connectivity index (χ0v) is 13.0. The molecule has 22 heavy (non-hydrogen) atoms. The van der Waals surface area contributed by atoms with Crippen LogP contribution in [-0.4, -0.2) is 23.9 Å². The molecule has 0 spiro atoms. The topological polar surface area (TPSA) is 32.3 Å². The minimum atomic E-state index is 0.0617. The van der Waals surface area contributed by atoms with Crippen LogP contribution in [-0.2, 0) is 4.79 Å². The van der Waals surface area contributed by atoms with E-state index in [4.69, 9.17) is 0 Å². The number of hydrogen-bond acceptors (Lipinski definition) is 2. The second-order valence-corrected chi connectivity index (χ2v) is 5.95. The largest absolute Gasteiger partial charge is 0.325 e. The summed E-state index contributed by atoms with van der Waals surface area (Å²) in [6.07, 6.45) is 2.28. The van der Waals surface area contributed by atoms with Crippen LogP contribution in [0.3, 0.4) is 0 Å². The van der Waals surface area contributed by atoms with Gasteiger partial charge in [-0.15, -0.1) is 0 Å². The minimum Gasteiger partial charge on any atom is -0.325 e. The molecule has 0 saturated carbocycles. The molecule has 1 aliphatic heterocycles. The lowest BCUT2D eigenvalue weighted by Gasteiger charge is -2.24. The Kier molecular flexibility index (Phi) is 4.54. The molecule has 3 nitrogen and oxygen atoms in total. The van der Waals surface area contributed by atoms with Crippen molar-refractivity contribution in [3.63, 3.8) is 0 Å². The summed E-state index contributed by atoms with van der Waals surface area (Å²) in [5.74, 6) is 0.0617. The number of nitrogens with zero attached hydrogens (tertiary/aromatic N) is 1. The highest BCUT2D eigenvalue weighted by molar-refractivity contribution is 5.92. The summed E-state index contributed by atoms with van der Waals surface area (Å²) in [4.78, 5) is 14.6. The van der Waals surface area contributed by atoms with Crippen LogP contribution in [0.25, 0.3) is 0 Å². The average molecular weight is 294 g/mol. The minimum absolute atomic E-state index is 0.0617. The van der Waals surface area contributed by atoms with Gasteiger partial charge in [0, 0.05) is 11.7 Å². The van der Waals surface area contributed by atoms with Gasteiger partial charge in [-0.25, -0.2) is 0 Å². The van der Waals surface area contributed by atoms with E-state index < -0.39 is 0 Å². The van der Waals surface area contributed by atoms with E-state index in [9.17, 15) is 4.79 Å². The molecule has 114 valence electrons. The third-order valence-corrected chi connectivity index (χ3v) is 4.23. The monoisotopic (exact) mass is 294 g/mol. The standard InChI is InChI=1S/C19H22N2O/c1-15-9-11-17(12-10-15)20-19(22)14-21-13-5-8-18(21)16-6-3-2-4-7-16/h2-4,6-7,9-12,18H,5,8,13-14H2,1H3,(H,20,22). The van der Waals surface area contributed by atoms with Gasteiger partial charge in [0.1, 0.15) is 0 Å². The van der Waals surface area contributed by atoms with Crippen LogP contribution in [0.5, 0.6) is 0 Å². The number of carbonyl (C=O) groups excluding carboxylic acids is 1. The number of anilines is 1. The number of carbonyl (C=O) groups is 1. The summed E-state index contributed by atoms with van der Waals surface area (Å²) in [5.41, 5.74) is 3.37. The van der Waals surface area contributed by atoms with Gasteiger partial charge in [0.2, 0.25) is 5.91 Å². The number of amides is 1. The van der Waals surface area contributed by atoms with Crippen LogP contribution in [0, 0.1) is 6.92 Å². The lowest BCUT2D eigenvalue weighted by atomic mass is 10.0. The highest BCUT2D eigenvalue weighted by atomic mass is 16.2. The van der Waals surface area contributed by atoms with Gasteiger partial charge < -0.3 is 5.32 Å². The van der Waals surface area contributed by atoms with Crippen LogP contribution in [0.15, 0.2) is 54.6 Å². The van der Waals surface area contributed by atoms with Crippen molar-refractivity contribution in [2.24, 2.45) is 0 Å². The number of nitrogens with one attached hydrogen (secondary N) is 1. The van der Waals surface area contributed by atoms with Crippen LogP contribution in [0.4, 0.5) is 5.69 Å². The molecule has 1 N–H and O–H groups in total. The maximum absolute atomic E-state index is 12.3. The molecular formula is C19H22N2O. The number of hydrogen-bond donors (Lipinski definition) is 1. The fourth-order valence-corrected chi connectivity index (χ4v) is 3.09. The normalized spacial score (nSPS) is 18.3. The molecule has 3 rings (SSSR count). The molecule has 1 amide bonds. The first-order valence-electron chi connectivity index (χ1n) is 7.88. The summed E-state index contributed by atoms with van der Waals surface area (Å²) in [7, 11) is 0. The Morgan fingerprint density at radius 3 is 2.59 bits per heavy atom. The van der Waals surface area contributed by atoms with Crippen LogP contribution in [0.1, 0.15) is 30.0 Å². The molecule has 2 aromatic rings. The predicted molar refractivity (Wildman–Crippen MR) is 89.8 cm³/mol. The number of aryl methyl sites for hydroxylation is 1. The van der Waals surface area contributed by atoms with Gasteiger partial charge in [0.15, 0.2) is 0 Å². The first kappa shape index (κ1) is 14.8. The van der Waals surface area contributed by atoms with Gasteiger partial charge in [0.05, 0.1) is 6.54 Å². The third-order valence-electron chi connectivity index (χ3n) is 4.23. The van der Waals surface area contributed by atoms with Crippen molar-refractivity contribution in [3.05, 3.63) is 65.7 Å². The van der Waals surface area contributed by atoms with E-state index >= 15 is 0 Å². The molecule has 0 radical (unpaired) electrons. The fraction of sp³-hybridized carbons (Fsp3) is 0.316. The molecule has 3 heteroatoms. The Balaban J connectivity index is 1.62. The highest BCUT2D eigenvalue weighted by Gasteiger charge is 2.27. The number of likely N-dealkylation sites (tertiary alicyclic amines) is 1. The molecule has 2 aromatic carbocycles. The molecule has 0 aromatic heterocycles. The second kappa shape index (κ2) is 6.75. The number of rotatable bonds is 4. The summed E-state index contributed by atoms with van der Waals surface area (Å²) >= 11 is 0. The summed E-state index contributed by atoms with van der Waals surface area (Å²) < 4.78 is 0. The lowest BCUT2D eigenvalue weighted by Crippen LogP contribution is -2.32. The SMILES string of the molecule is Cc1ccc(NC(=O)CN2CCCC2c2ccccc2)cc1. The van der Waals surface area contributed by atoms with Crippen molar-refractivity contribution >= 4 is 11.6 Å². The Labute approximate surface area is 132 Å². The third kappa shape index (κ3) is 3.55. The summed E-state index contributed by atoms with van der Waals surface area (Å²) in [5, 5.41) is 2.99. The van der Waals surface area contributed by atoms with Gasteiger partial charge >= 0.3 is 0 Å². The van der Waals surface area contributed by atoms with Crippen molar-refractivity contribution in [3.8, 4) is 0 Å². The average Bonchev–Trinajstić information content (AvgIpc) is 2.98. The van der Waals surface area contributed by atoms with E-state index in [2.05, 4.69) is 34.5 Å². The van der Waals surface area contributed by atoms with Gasteiger partial charge in [-0.05, 0) is 44.0 Å². The Morgan fingerprint density at radius 2 is 1.86 bits per heavy atom. The van der Waals surface area contributed by atoms with Gasteiger partial charge in [0.25, 0.3) is 0 Å². The molecule has 1 atom stereocenters. The van der Waals surface area contributed by atoms with E-state index in [1.807, 2.05) is 37.3 Å². The zero-order valence-electron chi connectivity index (χ0n) is 13.0. The van der Waals surface area contributed by atoms with Crippen molar-refractivity contribution < 1.29 is 4.79 Å². The smallest absolute Gasteiger partial charge is 0.238 e. The lowest BCUT2D eigenvalue weighted by molar-refractivity contribution is -0.117. The Hall–Kier alpha value is -2.13. The Morgan fingerprint density at radius 1 is 1.14 bits per heavy atom. The molecule has 1 fully saturated rings.